The quantitative estimate of drug-likeness (QED) is 0.544. The zero-order valence-corrected chi connectivity index (χ0v) is 14.2. The van der Waals surface area contributed by atoms with E-state index in [4.69, 9.17) is 18.8 Å². The third kappa shape index (κ3) is 2.69. The lowest BCUT2D eigenvalue weighted by Crippen LogP contribution is -2.38. The molecule has 2 bridgehead atoms. The van der Waals surface area contributed by atoms with E-state index >= 15 is 0 Å². The molecule has 1 N–H and O–H groups in total. The Kier molecular flexibility index (Phi) is 3.85. The minimum Gasteiger partial charge on any atom is -0.872 e. The molecule has 1 heterocycles. The molecule has 1 aliphatic heterocycles. The topological polar surface area (TPSA) is 139 Å². The van der Waals surface area contributed by atoms with Crippen LogP contribution < -0.4 is 9.84 Å². The SMILES string of the molecule is O=C(COc1ccc([O-])c(C(=O)O)c1)OC1C2CC3C1OS(=O)(=O)C3C2. The number of ether oxygens (including phenoxy) is 2. The van der Waals surface area contributed by atoms with Crippen molar-refractivity contribution in [2.75, 3.05) is 6.61 Å². The van der Waals surface area contributed by atoms with Gasteiger partial charge >= 0.3 is 11.9 Å². The number of aromatic carboxylic acids is 1. The number of carbonyl (C=O) groups is 2. The maximum atomic E-state index is 12.0. The van der Waals surface area contributed by atoms with Crippen molar-refractivity contribution in [1.29, 1.82) is 0 Å². The molecule has 3 aliphatic rings. The van der Waals surface area contributed by atoms with Gasteiger partial charge in [-0.05, 0) is 25.0 Å². The number of carboxylic acids is 1. The molecule has 0 spiro atoms. The molecule has 1 saturated heterocycles. The van der Waals surface area contributed by atoms with Crippen LogP contribution in [0.2, 0.25) is 0 Å². The van der Waals surface area contributed by atoms with Gasteiger partial charge in [0.15, 0.2) is 6.61 Å². The zero-order valence-electron chi connectivity index (χ0n) is 13.4. The van der Waals surface area contributed by atoms with Gasteiger partial charge in [0.05, 0.1) is 10.8 Å². The van der Waals surface area contributed by atoms with Gasteiger partial charge in [0, 0.05) is 11.8 Å². The van der Waals surface area contributed by atoms with E-state index in [-0.39, 0.29) is 17.6 Å². The minimum absolute atomic E-state index is 0.0467. The second-order valence-corrected chi connectivity index (χ2v) is 8.48. The van der Waals surface area contributed by atoms with Crippen molar-refractivity contribution in [2.45, 2.75) is 30.3 Å². The standard InChI is InChI=1S/C16H16O9S/c17-11-2-1-8(5-9(11)16(19)20)23-6-13(18)24-14-7-3-10-12(4-7)26(21,22)25-15(10)14/h1-2,5,7,10,12,14-15,17H,3-4,6H2,(H,19,20)/p-1. The van der Waals surface area contributed by atoms with Crippen LogP contribution in [0, 0.1) is 11.8 Å². The van der Waals surface area contributed by atoms with Gasteiger partial charge in [-0.2, -0.15) is 8.42 Å². The summed E-state index contributed by atoms with van der Waals surface area (Å²) >= 11 is 0. The number of hydrogen-bond acceptors (Lipinski definition) is 8. The van der Waals surface area contributed by atoms with Crippen LogP contribution in [0.15, 0.2) is 18.2 Å². The normalized spacial score (nSPS) is 33.2. The Morgan fingerprint density at radius 1 is 1.31 bits per heavy atom. The lowest BCUT2D eigenvalue weighted by molar-refractivity contribution is -0.268. The van der Waals surface area contributed by atoms with Crippen LogP contribution in [0.5, 0.6) is 11.5 Å². The molecule has 2 saturated carbocycles. The zero-order chi connectivity index (χ0) is 18.6. The van der Waals surface area contributed by atoms with E-state index in [9.17, 15) is 23.1 Å². The second-order valence-electron chi connectivity index (χ2n) is 6.69. The molecule has 140 valence electrons. The van der Waals surface area contributed by atoms with Gasteiger partial charge in [-0.3, -0.25) is 4.18 Å². The smallest absolute Gasteiger partial charge is 0.344 e. The largest absolute Gasteiger partial charge is 0.872 e. The summed E-state index contributed by atoms with van der Waals surface area (Å²) in [7, 11) is -3.58. The fourth-order valence-electron chi connectivity index (χ4n) is 4.14. The Labute approximate surface area is 148 Å². The number of carbonyl (C=O) groups excluding carboxylic acids is 1. The van der Waals surface area contributed by atoms with Crippen molar-refractivity contribution in [2.24, 2.45) is 11.8 Å². The van der Waals surface area contributed by atoms with Crippen LogP contribution >= 0.6 is 0 Å². The Hall–Kier alpha value is -2.33. The molecule has 4 rings (SSSR count). The summed E-state index contributed by atoms with van der Waals surface area (Å²) in [5.74, 6) is -2.90. The van der Waals surface area contributed by atoms with Crippen LogP contribution in [0.4, 0.5) is 0 Å². The first-order valence-electron chi connectivity index (χ1n) is 8.05. The molecule has 26 heavy (non-hydrogen) atoms. The number of hydrogen-bond donors (Lipinski definition) is 1. The summed E-state index contributed by atoms with van der Waals surface area (Å²) in [6.45, 7) is -0.492. The maximum Gasteiger partial charge on any atom is 0.344 e. The summed E-state index contributed by atoms with van der Waals surface area (Å²) in [6, 6.07) is 3.33. The average Bonchev–Trinajstić information content (AvgIpc) is 3.18. The highest BCUT2D eigenvalue weighted by Gasteiger charge is 2.65. The molecule has 0 amide bonds. The highest BCUT2D eigenvalue weighted by molar-refractivity contribution is 7.87. The van der Waals surface area contributed by atoms with Gasteiger partial charge in [0.2, 0.25) is 0 Å². The van der Waals surface area contributed by atoms with Gasteiger partial charge in [-0.15, -0.1) is 0 Å². The molecule has 10 heteroatoms. The van der Waals surface area contributed by atoms with Crippen LogP contribution in [0.25, 0.3) is 0 Å². The Balaban J connectivity index is 1.37. The Morgan fingerprint density at radius 3 is 2.81 bits per heavy atom. The molecule has 0 aromatic heterocycles. The van der Waals surface area contributed by atoms with Crippen molar-refractivity contribution >= 4 is 22.1 Å². The average molecular weight is 383 g/mol. The molecule has 1 aromatic rings. The van der Waals surface area contributed by atoms with Crippen LogP contribution in [0.1, 0.15) is 23.2 Å². The van der Waals surface area contributed by atoms with Gasteiger partial charge in [-0.25, -0.2) is 9.59 Å². The van der Waals surface area contributed by atoms with Crippen LogP contribution in [0.3, 0.4) is 0 Å². The molecule has 0 radical (unpaired) electrons. The fraction of sp³-hybridized carbons (Fsp3) is 0.500. The van der Waals surface area contributed by atoms with E-state index in [1.54, 1.807) is 0 Å². The van der Waals surface area contributed by atoms with E-state index in [0.717, 1.165) is 12.1 Å². The molecule has 9 nitrogen and oxygen atoms in total. The number of carboxylic acid groups (broad SMARTS) is 1. The summed E-state index contributed by atoms with van der Waals surface area (Å²) in [5.41, 5.74) is -0.459. The molecule has 3 fully saturated rings. The van der Waals surface area contributed by atoms with Crippen LogP contribution in [-0.2, 0) is 23.8 Å². The van der Waals surface area contributed by atoms with Gasteiger partial charge in [0.1, 0.15) is 18.0 Å². The first kappa shape index (κ1) is 17.1. The Morgan fingerprint density at radius 2 is 2.08 bits per heavy atom. The molecule has 2 aliphatic carbocycles. The number of esters is 1. The highest BCUT2D eigenvalue weighted by Crippen LogP contribution is 2.55. The molecular formula is C16H15O9S-. The fourth-order valence-corrected chi connectivity index (χ4v) is 6.02. The third-order valence-electron chi connectivity index (χ3n) is 5.22. The van der Waals surface area contributed by atoms with E-state index in [0.29, 0.717) is 12.8 Å². The predicted octanol–water partition coefficient (Wildman–Crippen LogP) is -0.114. The molecule has 5 atom stereocenters. The molecular weight excluding hydrogens is 368 g/mol. The number of fused-ring (bicyclic) bond motifs is 1. The lowest BCUT2D eigenvalue weighted by Gasteiger charge is -2.24. The van der Waals surface area contributed by atoms with Crippen LogP contribution in [-0.4, -0.2) is 49.5 Å². The monoisotopic (exact) mass is 383 g/mol. The first-order chi connectivity index (χ1) is 12.3. The first-order valence-corrected chi connectivity index (χ1v) is 9.52. The van der Waals surface area contributed by atoms with Gasteiger partial charge in [0.25, 0.3) is 10.1 Å². The Bertz CT molecular complexity index is 878. The molecule has 5 unspecified atom stereocenters. The van der Waals surface area contributed by atoms with Crippen molar-refractivity contribution in [1.82, 2.24) is 0 Å². The third-order valence-corrected chi connectivity index (χ3v) is 6.99. The highest BCUT2D eigenvalue weighted by atomic mass is 32.2. The van der Waals surface area contributed by atoms with E-state index in [1.807, 2.05) is 0 Å². The summed E-state index contributed by atoms with van der Waals surface area (Å²) in [4.78, 5) is 23.0. The lowest BCUT2D eigenvalue weighted by atomic mass is 9.94. The second kappa shape index (κ2) is 5.85. The van der Waals surface area contributed by atoms with Crippen molar-refractivity contribution in [3.8, 4) is 11.5 Å². The number of benzene rings is 1. The van der Waals surface area contributed by atoms with Crippen molar-refractivity contribution in [3.05, 3.63) is 23.8 Å². The molecule has 1 aromatic carbocycles. The van der Waals surface area contributed by atoms with Crippen molar-refractivity contribution in [3.63, 3.8) is 0 Å². The van der Waals surface area contributed by atoms with E-state index < -0.39 is 57.4 Å². The van der Waals surface area contributed by atoms with E-state index in [1.165, 1.54) is 6.07 Å². The van der Waals surface area contributed by atoms with Gasteiger partial charge in [-0.1, -0.05) is 11.8 Å². The number of rotatable bonds is 5. The van der Waals surface area contributed by atoms with Crippen molar-refractivity contribution < 1.29 is 41.9 Å². The summed E-state index contributed by atoms with van der Waals surface area (Å²) < 4.78 is 39.4. The summed E-state index contributed by atoms with van der Waals surface area (Å²) in [5, 5.41) is 19.8. The maximum absolute atomic E-state index is 12.0. The van der Waals surface area contributed by atoms with E-state index in [2.05, 4.69) is 0 Å². The van der Waals surface area contributed by atoms with Gasteiger partial charge < -0.3 is 19.7 Å². The predicted molar refractivity (Wildman–Crippen MR) is 82.0 cm³/mol. The summed E-state index contributed by atoms with van der Waals surface area (Å²) in [6.07, 6.45) is -0.176. The minimum atomic E-state index is -3.58.